The van der Waals surface area contributed by atoms with Gasteiger partial charge in [0.25, 0.3) is 0 Å². The summed E-state index contributed by atoms with van der Waals surface area (Å²) in [6, 6.07) is 1.67. The second-order valence-electron chi connectivity index (χ2n) is 3.69. The van der Waals surface area contributed by atoms with Gasteiger partial charge >= 0.3 is 0 Å². The molecular formula is C9H13Cl2N3S. The van der Waals surface area contributed by atoms with E-state index in [2.05, 4.69) is 35.6 Å². The molecule has 0 saturated carbocycles. The summed E-state index contributed by atoms with van der Waals surface area (Å²) in [6.45, 7) is 5.08. The summed E-state index contributed by atoms with van der Waals surface area (Å²) in [4.78, 5) is 0. The summed E-state index contributed by atoms with van der Waals surface area (Å²) < 4.78 is 0.138. The van der Waals surface area contributed by atoms with Crippen molar-refractivity contribution in [2.45, 2.75) is 18.6 Å². The number of thioether (sulfide) groups is 1. The van der Waals surface area contributed by atoms with Gasteiger partial charge in [-0.3, -0.25) is 0 Å². The predicted octanol–water partition coefficient (Wildman–Crippen LogP) is 3.34. The Morgan fingerprint density at radius 3 is 2.67 bits per heavy atom. The predicted molar refractivity (Wildman–Crippen MR) is 68.1 cm³/mol. The van der Waals surface area contributed by atoms with Crippen molar-refractivity contribution in [3.8, 4) is 0 Å². The number of anilines is 1. The second-order valence-corrected chi connectivity index (χ2v) is 5.95. The fourth-order valence-corrected chi connectivity index (χ4v) is 1.38. The van der Waals surface area contributed by atoms with E-state index in [1.165, 1.54) is 0 Å². The third kappa shape index (κ3) is 4.05. The minimum absolute atomic E-state index is 0.138. The molecule has 0 aliphatic heterocycles. The third-order valence-electron chi connectivity index (χ3n) is 1.98. The third-order valence-corrected chi connectivity index (χ3v) is 3.69. The summed E-state index contributed by atoms with van der Waals surface area (Å²) >= 11 is 13.4. The van der Waals surface area contributed by atoms with Gasteiger partial charge in [0.1, 0.15) is 0 Å². The molecular weight excluding hydrogens is 253 g/mol. The van der Waals surface area contributed by atoms with Crippen molar-refractivity contribution in [2.24, 2.45) is 0 Å². The highest BCUT2D eigenvalue weighted by atomic mass is 35.5. The van der Waals surface area contributed by atoms with E-state index in [-0.39, 0.29) is 4.75 Å². The molecule has 0 spiro atoms. The summed E-state index contributed by atoms with van der Waals surface area (Å²) in [5.74, 6) is 0. The number of nitrogens with one attached hydrogen (secondary N) is 1. The molecule has 1 aromatic heterocycles. The first-order valence-corrected chi connectivity index (χ1v) is 6.40. The maximum absolute atomic E-state index is 5.87. The van der Waals surface area contributed by atoms with Crippen molar-refractivity contribution in [3.05, 3.63) is 16.4 Å². The average Bonchev–Trinajstić information content (AvgIpc) is 2.20. The first-order chi connectivity index (χ1) is 6.94. The Bertz CT molecular complexity index is 344. The minimum Gasteiger partial charge on any atom is -0.381 e. The van der Waals surface area contributed by atoms with Gasteiger partial charge in [0, 0.05) is 17.4 Å². The lowest BCUT2D eigenvalue weighted by atomic mass is 10.2. The SMILES string of the molecule is CSC(C)(C)CNc1cc(Cl)nnc1Cl. The topological polar surface area (TPSA) is 37.8 Å². The molecule has 0 saturated heterocycles. The molecule has 6 heteroatoms. The van der Waals surface area contributed by atoms with E-state index in [9.17, 15) is 0 Å². The van der Waals surface area contributed by atoms with Gasteiger partial charge in [-0.05, 0) is 20.1 Å². The zero-order chi connectivity index (χ0) is 11.5. The molecule has 0 fully saturated rings. The lowest BCUT2D eigenvalue weighted by Gasteiger charge is -2.23. The van der Waals surface area contributed by atoms with Gasteiger partial charge in [-0.15, -0.1) is 10.2 Å². The molecule has 0 radical (unpaired) electrons. The quantitative estimate of drug-likeness (QED) is 0.907. The molecule has 0 amide bonds. The molecule has 0 aliphatic rings. The largest absolute Gasteiger partial charge is 0.381 e. The van der Waals surface area contributed by atoms with Crippen LogP contribution >= 0.6 is 35.0 Å². The molecule has 84 valence electrons. The van der Waals surface area contributed by atoms with Crippen LogP contribution < -0.4 is 5.32 Å². The van der Waals surface area contributed by atoms with Crippen LogP contribution in [-0.2, 0) is 0 Å². The lowest BCUT2D eigenvalue weighted by Crippen LogP contribution is -2.26. The molecule has 3 nitrogen and oxygen atoms in total. The van der Waals surface area contributed by atoms with Crippen molar-refractivity contribution < 1.29 is 0 Å². The van der Waals surface area contributed by atoms with E-state index in [1.54, 1.807) is 17.8 Å². The Morgan fingerprint density at radius 1 is 1.40 bits per heavy atom. The van der Waals surface area contributed by atoms with E-state index in [0.717, 1.165) is 12.2 Å². The molecule has 0 atom stereocenters. The molecule has 15 heavy (non-hydrogen) atoms. The van der Waals surface area contributed by atoms with E-state index in [4.69, 9.17) is 23.2 Å². The normalized spacial score (nSPS) is 11.5. The molecule has 0 aliphatic carbocycles. The van der Waals surface area contributed by atoms with Crippen molar-refractivity contribution in [1.29, 1.82) is 0 Å². The van der Waals surface area contributed by atoms with Gasteiger partial charge < -0.3 is 5.32 Å². The average molecular weight is 266 g/mol. The van der Waals surface area contributed by atoms with Gasteiger partial charge in [-0.2, -0.15) is 11.8 Å². The van der Waals surface area contributed by atoms with Crippen molar-refractivity contribution in [2.75, 3.05) is 18.1 Å². The van der Waals surface area contributed by atoms with Crippen LogP contribution in [0.4, 0.5) is 5.69 Å². The van der Waals surface area contributed by atoms with Crippen molar-refractivity contribution in [1.82, 2.24) is 10.2 Å². The molecule has 0 unspecified atom stereocenters. The summed E-state index contributed by atoms with van der Waals surface area (Å²) in [6.07, 6.45) is 2.07. The number of aromatic nitrogens is 2. The zero-order valence-electron chi connectivity index (χ0n) is 8.84. The van der Waals surface area contributed by atoms with Gasteiger partial charge in [0.2, 0.25) is 0 Å². The van der Waals surface area contributed by atoms with Crippen LogP contribution in [0.25, 0.3) is 0 Å². The van der Waals surface area contributed by atoms with E-state index < -0.39 is 0 Å². The number of rotatable bonds is 4. The summed E-state index contributed by atoms with van der Waals surface area (Å²) in [7, 11) is 0. The highest BCUT2D eigenvalue weighted by Gasteiger charge is 2.16. The molecule has 0 bridgehead atoms. The van der Waals surface area contributed by atoms with Crippen LogP contribution in [0.2, 0.25) is 10.3 Å². The Balaban J connectivity index is 2.69. The first-order valence-electron chi connectivity index (χ1n) is 4.42. The Morgan fingerprint density at radius 2 is 2.07 bits per heavy atom. The number of halogens is 2. The number of hydrogen-bond acceptors (Lipinski definition) is 4. The molecule has 1 rings (SSSR count). The Labute approximate surface area is 104 Å². The van der Waals surface area contributed by atoms with Gasteiger partial charge in [-0.1, -0.05) is 23.2 Å². The number of hydrogen-bond donors (Lipinski definition) is 1. The standard InChI is InChI=1S/C9H13Cl2N3S/c1-9(2,15-3)5-12-6-4-7(10)13-14-8(6)11/h4H,5H2,1-3H3,(H,12,13). The van der Waals surface area contributed by atoms with Gasteiger partial charge in [0.15, 0.2) is 10.3 Å². The molecule has 1 heterocycles. The Kier molecular flexibility index (Phi) is 4.49. The zero-order valence-corrected chi connectivity index (χ0v) is 11.2. The molecule has 0 aromatic carbocycles. The van der Waals surface area contributed by atoms with Crippen LogP contribution in [0.3, 0.4) is 0 Å². The highest BCUT2D eigenvalue weighted by Crippen LogP contribution is 2.25. The highest BCUT2D eigenvalue weighted by molar-refractivity contribution is 7.99. The van der Waals surface area contributed by atoms with Crippen LogP contribution in [0, 0.1) is 0 Å². The van der Waals surface area contributed by atoms with E-state index in [1.807, 2.05) is 0 Å². The first kappa shape index (κ1) is 12.9. The van der Waals surface area contributed by atoms with Crippen LogP contribution in [0.15, 0.2) is 6.07 Å². The van der Waals surface area contributed by atoms with Crippen molar-refractivity contribution in [3.63, 3.8) is 0 Å². The lowest BCUT2D eigenvalue weighted by molar-refractivity contribution is 0.752. The molecule has 1 aromatic rings. The molecule has 1 N–H and O–H groups in total. The van der Waals surface area contributed by atoms with E-state index in [0.29, 0.717) is 10.3 Å². The fraction of sp³-hybridized carbons (Fsp3) is 0.556. The number of nitrogens with zero attached hydrogens (tertiary/aromatic N) is 2. The second kappa shape index (κ2) is 5.23. The van der Waals surface area contributed by atoms with Crippen LogP contribution in [-0.4, -0.2) is 27.7 Å². The maximum Gasteiger partial charge on any atom is 0.174 e. The van der Waals surface area contributed by atoms with Crippen LogP contribution in [0.1, 0.15) is 13.8 Å². The van der Waals surface area contributed by atoms with Crippen molar-refractivity contribution >= 4 is 40.7 Å². The van der Waals surface area contributed by atoms with Gasteiger partial charge in [-0.25, -0.2) is 0 Å². The van der Waals surface area contributed by atoms with Gasteiger partial charge in [0.05, 0.1) is 5.69 Å². The van der Waals surface area contributed by atoms with Crippen LogP contribution in [0.5, 0.6) is 0 Å². The monoisotopic (exact) mass is 265 g/mol. The Hall–Kier alpha value is -0.190. The smallest absolute Gasteiger partial charge is 0.174 e. The minimum atomic E-state index is 0.138. The summed E-state index contributed by atoms with van der Waals surface area (Å²) in [5, 5.41) is 11.2. The van der Waals surface area contributed by atoms with E-state index >= 15 is 0 Å². The fourth-order valence-electron chi connectivity index (χ4n) is 0.857. The maximum atomic E-state index is 5.87. The summed E-state index contributed by atoms with van der Waals surface area (Å²) in [5.41, 5.74) is 0.721.